The smallest absolute Gasteiger partial charge is 0.274 e. The molecule has 0 radical (unpaired) electrons. The summed E-state index contributed by atoms with van der Waals surface area (Å²) in [5.41, 5.74) is 0.973. The predicted molar refractivity (Wildman–Crippen MR) is 109 cm³/mol. The van der Waals surface area contributed by atoms with Gasteiger partial charge >= 0.3 is 0 Å². The summed E-state index contributed by atoms with van der Waals surface area (Å²) < 4.78 is 27.0. The molecule has 0 aliphatic carbocycles. The van der Waals surface area contributed by atoms with Crippen LogP contribution in [0.1, 0.15) is 35.7 Å². The van der Waals surface area contributed by atoms with E-state index in [1.165, 1.54) is 34.6 Å². The summed E-state index contributed by atoms with van der Waals surface area (Å²) in [5, 5.41) is 13.6. The molecule has 0 atom stereocenters. The number of hydrogen-bond acceptors (Lipinski definition) is 5. The first-order chi connectivity index (χ1) is 13.7. The zero-order valence-corrected chi connectivity index (χ0v) is 17.1. The van der Waals surface area contributed by atoms with Crippen LogP contribution in [0.5, 0.6) is 0 Å². The molecule has 1 amide bonds. The molecule has 1 saturated heterocycles. The minimum atomic E-state index is -3.58. The first-order valence-electron chi connectivity index (χ1n) is 9.35. The van der Waals surface area contributed by atoms with Gasteiger partial charge in [-0.1, -0.05) is 13.0 Å². The number of nitrogens with one attached hydrogen (secondary N) is 1. The number of nitrogens with zero attached hydrogens (tertiary/aromatic N) is 2. The van der Waals surface area contributed by atoms with Gasteiger partial charge < -0.3 is 5.32 Å². The number of piperidine rings is 1. The number of carbonyl (C=O) groups excluding carboxylic acids is 1. The highest BCUT2D eigenvalue weighted by Crippen LogP contribution is 2.25. The van der Waals surface area contributed by atoms with Gasteiger partial charge in [0.2, 0.25) is 10.0 Å². The van der Waals surface area contributed by atoms with Crippen molar-refractivity contribution in [2.24, 2.45) is 5.92 Å². The summed E-state index contributed by atoms with van der Waals surface area (Å²) in [6, 6.07) is 10.2. The molecule has 0 aromatic heterocycles. The van der Waals surface area contributed by atoms with Crippen molar-refractivity contribution < 1.29 is 18.1 Å². The minimum Gasteiger partial charge on any atom is -0.322 e. The molecule has 1 fully saturated rings. The summed E-state index contributed by atoms with van der Waals surface area (Å²) in [6.07, 6.45) is 1.67. The van der Waals surface area contributed by atoms with Gasteiger partial charge in [0.05, 0.1) is 9.82 Å². The number of amides is 1. The van der Waals surface area contributed by atoms with E-state index in [4.69, 9.17) is 0 Å². The molecule has 0 spiro atoms. The van der Waals surface area contributed by atoms with E-state index < -0.39 is 20.9 Å². The van der Waals surface area contributed by atoms with Crippen LogP contribution in [0.3, 0.4) is 0 Å². The van der Waals surface area contributed by atoms with Crippen LogP contribution in [0.2, 0.25) is 0 Å². The fourth-order valence-corrected chi connectivity index (χ4v) is 4.71. The van der Waals surface area contributed by atoms with Crippen molar-refractivity contribution >= 4 is 27.3 Å². The molecule has 1 N–H and O–H groups in total. The molecule has 0 saturated carbocycles. The van der Waals surface area contributed by atoms with Gasteiger partial charge in [-0.25, -0.2) is 8.42 Å². The lowest BCUT2D eigenvalue weighted by Crippen LogP contribution is -2.37. The largest absolute Gasteiger partial charge is 0.322 e. The van der Waals surface area contributed by atoms with Gasteiger partial charge in [0.25, 0.3) is 11.6 Å². The normalized spacial score (nSPS) is 15.8. The van der Waals surface area contributed by atoms with Crippen molar-refractivity contribution in [1.82, 2.24) is 4.31 Å². The molecule has 2 aromatic rings. The Hall–Kier alpha value is -2.78. The van der Waals surface area contributed by atoms with E-state index >= 15 is 0 Å². The average Bonchev–Trinajstić information content (AvgIpc) is 2.69. The number of carbonyl (C=O) groups is 1. The molecule has 0 bridgehead atoms. The van der Waals surface area contributed by atoms with Gasteiger partial charge in [-0.2, -0.15) is 4.31 Å². The maximum Gasteiger partial charge on any atom is 0.274 e. The highest BCUT2D eigenvalue weighted by atomic mass is 32.2. The number of rotatable bonds is 5. The Morgan fingerprint density at radius 3 is 2.34 bits per heavy atom. The molecule has 1 aliphatic rings. The molecular weight excluding hydrogens is 394 g/mol. The number of nitro benzene ring substituents is 1. The maximum absolute atomic E-state index is 12.8. The van der Waals surface area contributed by atoms with Crippen molar-refractivity contribution in [2.45, 2.75) is 31.6 Å². The first kappa shape index (κ1) is 20.9. The molecule has 154 valence electrons. The number of anilines is 1. The Kier molecular flexibility index (Phi) is 5.99. The van der Waals surface area contributed by atoms with Crippen LogP contribution in [0.25, 0.3) is 0 Å². The third kappa shape index (κ3) is 4.63. The van der Waals surface area contributed by atoms with Crippen molar-refractivity contribution in [3.8, 4) is 0 Å². The molecule has 3 rings (SSSR count). The second-order valence-corrected chi connectivity index (χ2v) is 9.26. The van der Waals surface area contributed by atoms with Crippen LogP contribution in [0, 0.1) is 23.0 Å². The second kappa shape index (κ2) is 8.30. The van der Waals surface area contributed by atoms with E-state index in [1.807, 2.05) is 0 Å². The first-order valence-corrected chi connectivity index (χ1v) is 10.8. The Balaban J connectivity index is 1.74. The summed E-state index contributed by atoms with van der Waals surface area (Å²) in [7, 11) is -3.58. The van der Waals surface area contributed by atoms with Gasteiger partial charge in [-0.05, 0) is 56.0 Å². The highest BCUT2D eigenvalue weighted by Gasteiger charge is 2.28. The van der Waals surface area contributed by atoms with Crippen LogP contribution < -0.4 is 5.32 Å². The lowest BCUT2D eigenvalue weighted by Gasteiger charge is -2.29. The van der Waals surface area contributed by atoms with Crippen LogP contribution >= 0.6 is 0 Å². The van der Waals surface area contributed by atoms with Crippen molar-refractivity contribution in [1.29, 1.82) is 0 Å². The Morgan fingerprint density at radius 1 is 1.14 bits per heavy atom. The molecule has 0 unspecified atom stereocenters. The van der Waals surface area contributed by atoms with E-state index in [2.05, 4.69) is 12.2 Å². The molecular formula is C20H23N3O5S. The highest BCUT2D eigenvalue weighted by molar-refractivity contribution is 7.89. The van der Waals surface area contributed by atoms with E-state index in [-0.39, 0.29) is 16.1 Å². The zero-order valence-electron chi connectivity index (χ0n) is 16.3. The average molecular weight is 417 g/mol. The van der Waals surface area contributed by atoms with Crippen LogP contribution in [-0.4, -0.2) is 36.6 Å². The van der Waals surface area contributed by atoms with Crippen molar-refractivity contribution in [2.75, 3.05) is 18.4 Å². The SMILES string of the molecule is Cc1ccc(NC(=O)c2ccc(S(=O)(=O)N3CCC(C)CC3)cc2)cc1[N+](=O)[O-]. The van der Waals surface area contributed by atoms with Crippen LogP contribution in [0.15, 0.2) is 47.4 Å². The number of sulfonamides is 1. The van der Waals surface area contributed by atoms with Crippen molar-refractivity contribution in [3.63, 3.8) is 0 Å². The Labute approximate surface area is 169 Å². The lowest BCUT2D eigenvalue weighted by molar-refractivity contribution is -0.385. The van der Waals surface area contributed by atoms with E-state index in [0.717, 1.165) is 12.8 Å². The third-order valence-corrected chi connectivity index (χ3v) is 7.07. The number of hydrogen-bond donors (Lipinski definition) is 1. The van der Waals surface area contributed by atoms with E-state index in [0.29, 0.717) is 30.3 Å². The number of benzene rings is 2. The summed E-state index contributed by atoms with van der Waals surface area (Å²) in [6.45, 7) is 4.72. The van der Waals surface area contributed by atoms with Gasteiger partial charge in [0.1, 0.15) is 0 Å². The molecule has 1 aliphatic heterocycles. The van der Waals surface area contributed by atoms with Gasteiger partial charge in [0, 0.05) is 36.0 Å². The maximum atomic E-state index is 12.8. The fraction of sp³-hybridized carbons (Fsp3) is 0.350. The standard InChI is InChI=1S/C20H23N3O5S/c1-14-9-11-22(12-10-14)29(27,28)18-7-4-16(5-8-18)20(24)21-17-6-3-15(2)19(13-17)23(25)26/h3-8,13-14H,9-12H2,1-2H3,(H,21,24). The van der Waals surface area contributed by atoms with E-state index in [9.17, 15) is 23.3 Å². The Morgan fingerprint density at radius 2 is 1.76 bits per heavy atom. The van der Waals surface area contributed by atoms with Gasteiger partial charge in [0.15, 0.2) is 0 Å². The topological polar surface area (TPSA) is 110 Å². The fourth-order valence-electron chi connectivity index (χ4n) is 3.24. The Bertz CT molecular complexity index is 1030. The van der Waals surface area contributed by atoms with Crippen LogP contribution in [-0.2, 0) is 10.0 Å². The van der Waals surface area contributed by atoms with Gasteiger partial charge in [-0.3, -0.25) is 14.9 Å². The van der Waals surface area contributed by atoms with E-state index in [1.54, 1.807) is 19.1 Å². The molecule has 9 heteroatoms. The third-order valence-electron chi connectivity index (χ3n) is 5.16. The minimum absolute atomic E-state index is 0.0832. The number of nitro groups is 1. The summed E-state index contributed by atoms with van der Waals surface area (Å²) in [5.74, 6) is 0.0454. The predicted octanol–water partition coefficient (Wildman–Crippen LogP) is 3.58. The number of aryl methyl sites for hydroxylation is 1. The molecule has 2 aromatic carbocycles. The zero-order chi connectivity index (χ0) is 21.2. The van der Waals surface area contributed by atoms with Crippen molar-refractivity contribution in [3.05, 3.63) is 63.7 Å². The molecule has 1 heterocycles. The second-order valence-electron chi connectivity index (χ2n) is 7.32. The molecule has 8 nitrogen and oxygen atoms in total. The monoisotopic (exact) mass is 417 g/mol. The quantitative estimate of drug-likeness (QED) is 0.591. The summed E-state index contributed by atoms with van der Waals surface area (Å²) in [4.78, 5) is 23.1. The molecule has 29 heavy (non-hydrogen) atoms. The lowest BCUT2D eigenvalue weighted by atomic mass is 10.0. The van der Waals surface area contributed by atoms with Gasteiger partial charge in [-0.15, -0.1) is 0 Å². The summed E-state index contributed by atoms with van der Waals surface area (Å²) >= 11 is 0. The van der Waals surface area contributed by atoms with Crippen LogP contribution in [0.4, 0.5) is 11.4 Å².